The lowest BCUT2D eigenvalue weighted by molar-refractivity contribution is -2.00. The Hall–Kier alpha value is -4.26. The highest BCUT2D eigenvalue weighted by Gasteiger charge is 2.31. The molecular formula is C33H31ClN2O9. The minimum atomic E-state index is -4.94. The lowest BCUT2D eigenvalue weighted by atomic mass is 9.88. The van der Waals surface area contributed by atoms with Crippen molar-refractivity contribution < 1.29 is 47.6 Å². The monoisotopic (exact) mass is 634 g/mol. The van der Waals surface area contributed by atoms with Crippen molar-refractivity contribution in [1.29, 1.82) is 0 Å². The zero-order valence-electron chi connectivity index (χ0n) is 24.8. The number of rotatable bonds is 4. The fourth-order valence-corrected chi connectivity index (χ4v) is 6.81. The van der Waals surface area contributed by atoms with Gasteiger partial charge in [0.15, 0.2) is 5.58 Å². The maximum absolute atomic E-state index is 13.9. The summed E-state index contributed by atoms with van der Waals surface area (Å²) in [5, 5.41) is 12.1. The van der Waals surface area contributed by atoms with E-state index in [4.69, 9.17) is 27.5 Å². The van der Waals surface area contributed by atoms with E-state index < -0.39 is 21.8 Å². The van der Waals surface area contributed by atoms with E-state index in [1.165, 1.54) is 11.3 Å². The van der Waals surface area contributed by atoms with Crippen LogP contribution in [0.1, 0.15) is 48.2 Å². The van der Waals surface area contributed by atoms with Crippen LogP contribution in [0.15, 0.2) is 62.2 Å². The first-order valence-corrected chi connectivity index (χ1v) is 16.0. The average Bonchev–Trinajstić information content (AvgIpc) is 3.00. The van der Waals surface area contributed by atoms with Crippen molar-refractivity contribution in [2.75, 3.05) is 31.1 Å². The highest BCUT2D eigenvalue weighted by molar-refractivity contribution is 6.13. The van der Waals surface area contributed by atoms with Crippen LogP contribution in [0.3, 0.4) is 0 Å². The van der Waals surface area contributed by atoms with Crippen LogP contribution in [-0.2, 0) is 12.8 Å². The van der Waals surface area contributed by atoms with Gasteiger partial charge in [0.1, 0.15) is 29.8 Å². The van der Waals surface area contributed by atoms with Gasteiger partial charge < -0.3 is 18.8 Å². The van der Waals surface area contributed by atoms with Crippen molar-refractivity contribution in [3.8, 4) is 22.5 Å². The van der Waals surface area contributed by atoms with Crippen molar-refractivity contribution in [2.45, 2.75) is 39.5 Å². The second kappa shape index (κ2) is 11.9. The lowest BCUT2D eigenvalue weighted by Gasteiger charge is -2.37. The number of nitrogens with zero attached hydrogens (tertiary/aromatic N) is 2. The number of carbonyl (C=O) groups is 1. The molecule has 12 heteroatoms. The molecule has 0 atom stereocenters. The van der Waals surface area contributed by atoms with Crippen molar-refractivity contribution in [3.05, 3.63) is 81.0 Å². The lowest BCUT2D eigenvalue weighted by Crippen LogP contribution is -2.68. The number of hydrogen-bond acceptors (Lipinski definition) is 9. The van der Waals surface area contributed by atoms with E-state index in [0.717, 1.165) is 68.2 Å². The molecule has 0 bridgehead atoms. The highest BCUT2D eigenvalue weighted by Crippen LogP contribution is 2.45. The van der Waals surface area contributed by atoms with Gasteiger partial charge in [0.25, 0.3) is 0 Å². The standard InChI is InChI=1S/C33H30N2O5.ClHO4/c1-3-34(4-2)20-13-14-23-26(18-20)39-31-25-17-19-9-7-15-35-16-8-12-24(29(19)35)30(25)40-33(38)28(31)27(23)21-10-5-6-11-22(21)32(36)37;2-1(3,4)5/h5-6,10-11,13-14,17-18H,3-4,7-9,12,15-16H2,1-2H3;(H,2,3,4,5). The first kappa shape index (κ1) is 30.8. The Morgan fingerprint density at radius 1 is 0.933 bits per heavy atom. The summed E-state index contributed by atoms with van der Waals surface area (Å²) >= 11 is 0. The summed E-state index contributed by atoms with van der Waals surface area (Å²) in [4.78, 5) is 28.7. The molecule has 1 aromatic heterocycles. The summed E-state index contributed by atoms with van der Waals surface area (Å²) in [5.41, 5.74) is 5.87. The molecule has 11 nitrogen and oxygen atoms in total. The first-order chi connectivity index (χ1) is 21.5. The van der Waals surface area contributed by atoms with Gasteiger partial charge in [0, 0.05) is 41.5 Å². The smallest absolute Gasteiger partial charge is 0.348 e. The maximum Gasteiger partial charge on any atom is 0.348 e. The molecule has 0 saturated heterocycles. The fraction of sp³-hybridized carbons (Fsp3) is 0.303. The molecule has 3 aromatic rings. The van der Waals surface area contributed by atoms with E-state index in [0.29, 0.717) is 33.6 Å². The summed E-state index contributed by atoms with van der Waals surface area (Å²) < 4.78 is 49.0. The SMILES string of the molecule is CC[N+](CC)=c1ccc2c(-c3ccccc3C(=O)O)c3c(=O)oc4c5c6c(cc4c3oc-2c1)CCCN6CCC5.[O-][Cl+3]([O-])([O-])[O-]. The third-order valence-electron chi connectivity index (χ3n) is 8.59. The van der Waals surface area contributed by atoms with Gasteiger partial charge in [-0.15, -0.1) is 10.2 Å². The Labute approximate surface area is 259 Å². The molecule has 0 unspecified atom stereocenters. The number of halogens is 1. The van der Waals surface area contributed by atoms with Crippen LogP contribution in [0.2, 0.25) is 0 Å². The topological polar surface area (TPSA) is 179 Å². The van der Waals surface area contributed by atoms with Gasteiger partial charge in [0.2, 0.25) is 5.36 Å². The average molecular weight is 635 g/mol. The van der Waals surface area contributed by atoms with Gasteiger partial charge in [-0.1, -0.05) is 18.2 Å². The number of fused-ring (bicyclic) bond motifs is 5. The number of anilines is 1. The number of carboxylic acids is 1. The number of aromatic carboxylic acids is 1. The summed E-state index contributed by atoms with van der Waals surface area (Å²) in [5.74, 6) is -0.451. The van der Waals surface area contributed by atoms with E-state index in [9.17, 15) is 14.7 Å². The third kappa shape index (κ3) is 5.69. The van der Waals surface area contributed by atoms with Crippen molar-refractivity contribution in [1.82, 2.24) is 4.58 Å². The zero-order valence-corrected chi connectivity index (χ0v) is 25.5. The normalized spacial score (nSPS) is 14.3. The molecule has 234 valence electrons. The van der Waals surface area contributed by atoms with Gasteiger partial charge in [0.05, 0.1) is 17.0 Å². The largest absolute Gasteiger partial charge is 0.478 e. The number of carboxylic acid groups (broad SMARTS) is 1. The van der Waals surface area contributed by atoms with Gasteiger partial charge >= 0.3 is 11.6 Å². The molecule has 4 heterocycles. The molecule has 45 heavy (non-hydrogen) atoms. The van der Waals surface area contributed by atoms with Crippen LogP contribution >= 0.6 is 0 Å². The van der Waals surface area contributed by atoms with Crippen LogP contribution in [-0.4, -0.2) is 37.3 Å². The third-order valence-corrected chi connectivity index (χ3v) is 8.59. The van der Waals surface area contributed by atoms with Crippen LogP contribution in [0, 0.1) is 10.2 Å². The minimum Gasteiger partial charge on any atom is -0.478 e. The van der Waals surface area contributed by atoms with E-state index >= 15 is 0 Å². The van der Waals surface area contributed by atoms with Crippen LogP contribution in [0.25, 0.3) is 44.4 Å². The van der Waals surface area contributed by atoms with Crippen LogP contribution < -0.4 is 39.1 Å². The van der Waals surface area contributed by atoms with Crippen molar-refractivity contribution in [2.24, 2.45) is 0 Å². The van der Waals surface area contributed by atoms with E-state index in [-0.39, 0.29) is 10.9 Å². The second-order valence-corrected chi connectivity index (χ2v) is 11.8. The van der Waals surface area contributed by atoms with Gasteiger partial charge in [-0.3, -0.25) is 0 Å². The highest BCUT2D eigenvalue weighted by atomic mass is 35.7. The molecular weight excluding hydrogens is 604 g/mol. The molecule has 0 amide bonds. The molecule has 4 aliphatic rings. The van der Waals surface area contributed by atoms with Crippen molar-refractivity contribution in [3.63, 3.8) is 0 Å². The molecule has 0 radical (unpaired) electrons. The molecule has 1 aliphatic carbocycles. The summed E-state index contributed by atoms with van der Waals surface area (Å²) in [6.45, 7) is 7.92. The Kier molecular flexibility index (Phi) is 8.14. The predicted octanol–water partition coefficient (Wildman–Crippen LogP) is 0.764. The van der Waals surface area contributed by atoms with Gasteiger partial charge in [-0.05, 0) is 68.9 Å². The molecule has 7 rings (SSSR count). The predicted molar refractivity (Wildman–Crippen MR) is 156 cm³/mol. The summed E-state index contributed by atoms with van der Waals surface area (Å²) in [6.07, 6.45) is 3.90. The molecule has 0 fully saturated rings. The molecule has 1 N–H and O–H groups in total. The summed E-state index contributed by atoms with van der Waals surface area (Å²) in [6, 6.07) is 14.9. The maximum atomic E-state index is 13.9. The van der Waals surface area contributed by atoms with E-state index in [2.05, 4.69) is 29.4 Å². The van der Waals surface area contributed by atoms with E-state index in [1.807, 2.05) is 18.2 Å². The molecule has 0 saturated carbocycles. The first-order valence-electron chi connectivity index (χ1n) is 14.8. The number of benzene rings is 3. The van der Waals surface area contributed by atoms with Gasteiger partial charge in [-0.25, -0.2) is 32.8 Å². The Balaban J connectivity index is 0.000000664. The second-order valence-electron chi connectivity index (χ2n) is 11.1. The van der Waals surface area contributed by atoms with E-state index in [1.54, 1.807) is 24.3 Å². The Morgan fingerprint density at radius 2 is 1.62 bits per heavy atom. The number of aryl methyl sites for hydroxylation is 2. The Morgan fingerprint density at radius 3 is 2.31 bits per heavy atom. The van der Waals surface area contributed by atoms with Gasteiger partial charge in [-0.2, -0.15) is 0 Å². The summed E-state index contributed by atoms with van der Waals surface area (Å²) in [7, 11) is -4.94. The number of hydrogen-bond donors (Lipinski definition) is 1. The zero-order chi connectivity index (χ0) is 32.0. The molecule has 3 aliphatic heterocycles. The Bertz CT molecular complexity index is 2040. The quantitative estimate of drug-likeness (QED) is 0.128. The van der Waals surface area contributed by atoms with Crippen molar-refractivity contribution >= 4 is 33.6 Å². The van der Waals surface area contributed by atoms with Crippen LogP contribution in [0.5, 0.6) is 0 Å². The molecule has 2 aromatic carbocycles. The molecule has 0 spiro atoms. The van der Waals surface area contributed by atoms with Crippen LogP contribution in [0.4, 0.5) is 5.69 Å². The fourth-order valence-electron chi connectivity index (χ4n) is 6.81. The minimum absolute atomic E-state index is 0.125.